The summed E-state index contributed by atoms with van der Waals surface area (Å²) in [7, 11) is 2.04. The van der Waals surface area contributed by atoms with Crippen molar-refractivity contribution in [3.05, 3.63) is 0 Å². The van der Waals surface area contributed by atoms with Crippen molar-refractivity contribution in [3.8, 4) is 0 Å². The van der Waals surface area contributed by atoms with Gasteiger partial charge in [0.15, 0.2) is 0 Å². The first-order chi connectivity index (χ1) is 5.77. The molecule has 2 nitrogen and oxygen atoms in total. The normalized spacial score (nSPS) is 46.5. The third kappa shape index (κ3) is 1.27. The van der Waals surface area contributed by atoms with Gasteiger partial charge in [0.25, 0.3) is 0 Å². The van der Waals surface area contributed by atoms with E-state index in [9.17, 15) is 0 Å². The molecule has 0 amide bonds. The molecule has 12 heavy (non-hydrogen) atoms. The van der Waals surface area contributed by atoms with Crippen LogP contribution in [-0.4, -0.2) is 26.3 Å². The van der Waals surface area contributed by atoms with E-state index in [1.54, 1.807) is 0 Å². The first-order valence-corrected chi connectivity index (χ1v) is 5.03. The van der Waals surface area contributed by atoms with Gasteiger partial charge in [-0.3, -0.25) is 0 Å². The summed E-state index contributed by atoms with van der Waals surface area (Å²) in [4.78, 5) is 0. The van der Waals surface area contributed by atoms with E-state index in [0.717, 1.165) is 19.1 Å². The van der Waals surface area contributed by atoms with E-state index in [1.807, 2.05) is 7.05 Å². The Hall–Kier alpha value is -0.0800. The Morgan fingerprint density at radius 3 is 3.00 bits per heavy atom. The maximum Gasteiger partial charge on any atom is 0.0632 e. The van der Waals surface area contributed by atoms with Crippen molar-refractivity contribution in [1.82, 2.24) is 5.32 Å². The van der Waals surface area contributed by atoms with Crippen molar-refractivity contribution in [1.29, 1.82) is 0 Å². The van der Waals surface area contributed by atoms with E-state index < -0.39 is 0 Å². The van der Waals surface area contributed by atoms with Crippen LogP contribution in [0.5, 0.6) is 0 Å². The standard InChI is InChI=1S/C10H19NO/c1-10(6-8(10)7-11-2)9-4-3-5-12-9/h8-9,11H,3-7H2,1-2H3. The summed E-state index contributed by atoms with van der Waals surface area (Å²) >= 11 is 0. The summed E-state index contributed by atoms with van der Waals surface area (Å²) in [5, 5.41) is 3.25. The number of hydrogen-bond donors (Lipinski definition) is 1. The van der Waals surface area contributed by atoms with Gasteiger partial charge in [0.05, 0.1) is 6.10 Å². The van der Waals surface area contributed by atoms with Gasteiger partial charge in [-0.1, -0.05) is 6.92 Å². The Bertz CT molecular complexity index is 165. The van der Waals surface area contributed by atoms with Crippen LogP contribution in [0.2, 0.25) is 0 Å². The second kappa shape index (κ2) is 3.00. The summed E-state index contributed by atoms with van der Waals surface area (Å²) in [5.74, 6) is 0.866. The molecular formula is C10H19NO. The second-order valence-corrected chi connectivity index (χ2v) is 4.47. The van der Waals surface area contributed by atoms with Gasteiger partial charge in [-0.25, -0.2) is 0 Å². The maximum atomic E-state index is 5.73. The minimum Gasteiger partial charge on any atom is -0.378 e. The summed E-state index contributed by atoms with van der Waals surface area (Å²) < 4.78 is 5.73. The fourth-order valence-electron chi connectivity index (χ4n) is 2.52. The minimum atomic E-state index is 0.513. The van der Waals surface area contributed by atoms with Gasteiger partial charge in [-0.15, -0.1) is 0 Å². The molecule has 1 saturated heterocycles. The van der Waals surface area contributed by atoms with E-state index in [4.69, 9.17) is 4.74 Å². The van der Waals surface area contributed by atoms with Crippen molar-refractivity contribution in [3.63, 3.8) is 0 Å². The first-order valence-electron chi connectivity index (χ1n) is 5.03. The topological polar surface area (TPSA) is 21.3 Å². The number of rotatable bonds is 3. The van der Waals surface area contributed by atoms with Crippen LogP contribution in [0.1, 0.15) is 26.2 Å². The van der Waals surface area contributed by atoms with E-state index in [2.05, 4.69) is 12.2 Å². The van der Waals surface area contributed by atoms with Crippen LogP contribution in [0.3, 0.4) is 0 Å². The molecule has 1 saturated carbocycles. The highest BCUT2D eigenvalue weighted by atomic mass is 16.5. The van der Waals surface area contributed by atoms with Crippen molar-refractivity contribution < 1.29 is 4.74 Å². The Morgan fingerprint density at radius 2 is 2.42 bits per heavy atom. The number of ether oxygens (including phenoxy) is 1. The lowest BCUT2D eigenvalue weighted by atomic mass is 9.96. The van der Waals surface area contributed by atoms with Crippen LogP contribution in [0.4, 0.5) is 0 Å². The predicted octanol–water partition coefficient (Wildman–Crippen LogP) is 1.41. The Morgan fingerprint density at radius 1 is 1.58 bits per heavy atom. The van der Waals surface area contributed by atoms with Crippen LogP contribution in [-0.2, 0) is 4.74 Å². The Labute approximate surface area is 74.7 Å². The van der Waals surface area contributed by atoms with E-state index in [0.29, 0.717) is 11.5 Å². The lowest BCUT2D eigenvalue weighted by Crippen LogP contribution is -2.23. The van der Waals surface area contributed by atoms with Crippen molar-refractivity contribution >= 4 is 0 Å². The highest BCUT2D eigenvalue weighted by Gasteiger charge is 2.55. The third-order valence-corrected chi connectivity index (χ3v) is 3.57. The summed E-state index contributed by atoms with van der Waals surface area (Å²) in [6, 6.07) is 0. The molecule has 0 aromatic rings. The van der Waals surface area contributed by atoms with E-state index in [-0.39, 0.29) is 0 Å². The van der Waals surface area contributed by atoms with Crippen LogP contribution >= 0.6 is 0 Å². The zero-order valence-corrected chi connectivity index (χ0v) is 8.10. The van der Waals surface area contributed by atoms with Crippen molar-refractivity contribution in [2.75, 3.05) is 20.2 Å². The van der Waals surface area contributed by atoms with Crippen molar-refractivity contribution in [2.24, 2.45) is 11.3 Å². The average molecular weight is 169 g/mol. The fourth-order valence-corrected chi connectivity index (χ4v) is 2.52. The summed E-state index contributed by atoms with van der Waals surface area (Å²) in [6.07, 6.45) is 4.48. The van der Waals surface area contributed by atoms with Gasteiger partial charge in [0, 0.05) is 6.61 Å². The molecule has 0 radical (unpaired) electrons. The van der Waals surface area contributed by atoms with E-state index >= 15 is 0 Å². The lowest BCUT2D eigenvalue weighted by molar-refractivity contribution is 0.0520. The predicted molar refractivity (Wildman–Crippen MR) is 49.1 cm³/mol. The first kappa shape index (κ1) is 8.52. The zero-order valence-electron chi connectivity index (χ0n) is 8.10. The fraction of sp³-hybridized carbons (Fsp3) is 1.00. The third-order valence-electron chi connectivity index (χ3n) is 3.57. The molecule has 1 N–H and O–H groups in total. The largest absolute Gasteiger partial charge is 0.378 e. The van der Waals surface area contributed by atoms with Crippen LogP contribution in [0, 0.1) is 11.3 Å². The highest BCUT2D eigenvalue weighted by Crippen LogP contribution is 2.57. The molecule has 0 bridgehead atoms. The zero-order chi connectivity index (χ0) is 8.60. The Balaban J connectivity index is 1.87. The highest BCUT2D eigenvalue weighted by molar-refractivity contribution is 5.05. The minimum absolute atomic E-state index is 0.513. The summed E-state index contributed by atoms with van der Waals surface area (Å²) in [6.45, 7) is 4.54. The van der Waals surface area contributed by atoms with Gasteiger partial charge < -0.3 is 10.1 Å². The van der Waals surface area contributed by atoms with Gasteiger partial charge in [0.1, 0.15) is 0 Å². The van der Waals surface area contributed by atoms with Crippen LogP contribution in [0.25, 0.3) is 0 Å². The molecule has 0 aromatic carbocycles. The molecule has 2 aliphatic rings. The van der Waals surface area contributed by atoms with Crippen LogP contribution in [0.15, 0.2) is 0 Å². The molecule has 0 aromatic heterocycles. The molecular weight excluding hydrogens is 150 g/mol. The molecule has 2 rings (SSSR count). The molecule has 0 spiro atoms. The number of hydrogen-bond acceptors (Lipinski definition) is 2. The molecule has 70 valence electrons. The monoisotopic (exact) mass is 169 g/mol. The molecule has 2 fully saturated rings. The number of nitrogens with one attached hydrogen (secondary N) is 1. The quantitative estimate of drug-likeness (QED) is 0.689. The lowest BCUT2D eigenvalue weighted by Gasteiger charge is -2.18. The second-order valence-electron chi connectivity index (χ2n) is 4.47. The molecule has 3 atom stereocenters. The van der Waals surface area contributed by atoms with Crippen LogP contribution < -0.4 is 5.32 Å². The van der Waals surface area contributed by atoms with Gasteiger partial charge in [-0.2, -0.15) is 0 Å². The molecule has 3 unspecified atom stereocenters. The van der Waals surface area contributed by atoms with Gasteiger partial charge in [0.2, 0.25) is 0 Å². The SMILES string of the molecule is CNCC1CC1(C)C1CCCO1. The summed E-state index contributed by atoms with van der Waals surface area (Å²) in [5.41, 5.74) is 0.513. The maximum absolute atomic E-state index is 5.73. The molecule has 1 aliphatic carbocycles. The van der Waals surface area contributed by atoms with E-state index in [1.165, 1.54) is 19.3 Å². The van der Waals surface area contributed by atoms with Gasteiger partial charge >= 0.3 is 0 Å². The molecule has 1 aliphatic heterocycles. The smallest absolute Gasteiger partial charge is 0.0632 e. The average Bonchev–Trinajstić information content (AvgIpc) is 2.57. The van der Waals surface area contributed by atoms with Crippen molar-refractivity contribution in [2.45, 2.75) is 32.3 Å². The Kier molecular flexibility index (Phi) is 2.13. The van der Waals surface area contributed by atoms with Gasteiger partial charge in [-0.05, 0) is 44.2 Å². The molecule has 2 heteroatoms. The molecule has 1 heterocycles.